The van der Waals surface area contributed by atoms with Crippen molar-refractivity contribution in [2.75, 3.05) is 17.1 Å². The molecule has 0 saturated heterocycles. The van der Waals surface area contributed by atoms with Gasteiger partial charge in [-0.25, -0.2) is 8.42 Å². The van der Waals surface area contributed by atoms with E-state index in [2.05, 4.69) is 10.0 Å². The average Bonchev–Trinajstić information content (AvgIpc) is 2.74. The highest BCUT2D eigenvalue weighted by Crippen LogP contribution is 2.23. The second kappa shape index (κ2) is 8.79. The van der Waals surface area contributed by atoms with Crippen LogP contribution in [-0.4, -0.2) is 27.2 Å². The number of ether oxygens (including phenoxy) is 1. The molecule has 0 saturated carbocycles. The molecule has 3 rings (SSSR count). The van der Waals surface area contributed by atoms with Crippen LogP contribution in [0.15, 0.2) is 77.7 Å². The first kappa shape index (κ1) is 21.1. The highest BCUT2D eigenvalue weighted by molar-refractivity contribution is 7.92. The van der Waals surface area contributed by atoms with Crippen LogP contribution in [0.5, 0.6) is 5.75 Å². The zero-order valence-corrected chi connectivity index (χ0v) is 17.2. The van der Waals surface area contributed by atoms with E-state index in [1.807, 2.05) is 0 Å². The summed E-state index contributed by atoms with van der Waals surface area (Å²) in [6, 6.07) is 18.7. The van der Waals surface area contributed by atoms with Gasteiger partial charge in [0.15, 0.2) is 5.78 Å². The monoisotopic (exact) mass is 424 g/mol. The number of amides is 1. The second-order valence-corrected chi connectivity index (χ2v) is 8.10. The first-order valence-corrected chi connectivity index (χ1v) is 10.5. The molecule has 8 heteroatoms. The van der Waals surface area contributed by atoms with Crippen molar-refractivity contribution < 1.29 is 22.7 Å². The van der Waals surface area contributed by atoms with Gasteiger partial charge in [0, 0.05) is 17.3 Å². The van der Waals surface area contributed by atoms with Crippen LogP contribution in [0.2, 0.25) is 0 Å². The number of methoxy groups -OCH3 is 1. The fourth-order valence-electron chi connectivity index (χ4n) is 2.74. The van der Waals surface area contributed by atoms with Gasteiger partial charge in [-0.2, -0.15) is 0 Å². The number of Topliss-reactive ketones (excluding diaryl/α,β-unsaturated/α-hetero) is 1. The maximum absolute atomic E-state index is 12.8. The van der Waals surface area contributed by atoms with E-state index in [4.69, 9.17) is 4.74 Å². The van der Waals surface area contributed by atoms with Crippen molar-refractivity contribution in [2.24, 2.45) is 0 Å². The first-order valence-electron chi connectivity index (χ1n) is 8.98. The minimum Gasteiger partial charge on any atom is -0.497 e. The highest BCUT2D eigenvalue weighted by Gasteiger charge is 2.19. The van der Waals surface area contributed by atoms with Crippen LogP contribution < -0.4 is 14.8 Å². The van der Waals surface area contributed by atoms with E-state index in [-0.39, 0.29) is 21.9 Å². The zero-order valence-electron chi connectivity index (χ0n) is 16.4. The van der Waals surface area contributed by atoms with Gasteiger partial charge in [-0.05, 0) is 43.3 Å². The molecule has 3 aromatic carbocycles. The lowest BCUT2D eigenvalue weighted by atomic mass is 10.1. The molecule has 0 bridgehead atoms. The molecular weight excluding hydrogens is 404 g/mol. The van der Waals surface area contributed by atoms with Crippen LogP contribution in [0.3, 0.4) is 0 Å². The minimum absolute atomic E-state index is 0.0180. The molecule has 3 aromatic rings. The molecule has 30 heavy (non-hydrogen) atoms. The van der Waals surface area contributed by atoms with E-state index in [1.54, 1.807) is 36.4 Å². The van der Waals surface area contributed by atoms with Gasteiger partial charge < -0.3 is 10.1 Å². The lowest BCUT2D eigenvalue weighted by Crippen LogP contribution is -2.18. The Morgan fingerprint density at radius 2 is 1.60 bits per heavy atom. The molecule has 0 radical (unpaired) electrons. The number of hydrogen-bond acceptors (Lipinski definition) is 5. The van der Waals surface area contributed by atoms with Gasteiger partial charge in [0.25, 0.3) is 15.9 Å². The number of ketones is 1. The van der Waals surface area contributed by atoms with Gasteiger partial charge in [0.2, 0.25) is 0 Å². The predicted octanol–water partition coefficient (Wildman–Crippen LogP) is 3.95. The number of carbonyl (C=O) groups excluding carboxylic acids is 2. The van der Waals surface area contributed by atoms with Crippen molar-refractivity contribution in [2.45, 2.75) is 11.8 Å². The third-order valence-electron chi connectivity index (χ3n) is 4.31. The maximum Gasteiger partial charge on any atom is 0.261 e. The predicted molar refractivity (Wildman–Crippen MR) is 115 cm³/mol. The Kier molecular flexibility index (Phi) is 6.17. The van der Waals surface area contributed by atoms with Crippen LogP contribution in [0.1, 0.15) is 27.6 Å². The molecule has 0 unspecified atom stereocenters. The summed E-state index contributed by atoms with van der Waals surface area (Å²) in [6.45, 7) is 1.40. The van der Waals surface area contributed by atoms with Gasteiger partial charge in [-0.3, -0.25) is 14.3 Å². The molecule has 0 atom stereocenters. The van der Waals surface area contributed by atoms with Gasteiger partial charge in [0.1, 0.15) is 5.75 Å². The molecule has 0 fully saturated rings. The summed E-state index contributed by atoms with van der Waals surface area (Å²) in [6.07, 6.45) is 0. The summed E-state index contributed by atoms with van der Waals surface area (Å²) >= 11 is 0. The summed E-state index contributed by atoms with van der Waals surface area (Å²) in [5.41, 5.74) is 1.21. The van der Waals surface area contributed by atoms with Crippen molar-refractivity contribution in [1.29, 1.82) is 0 Å². The lowest BCUT2D eigenvalue weighted by Gasteiger charge is -2.13. The van der Waals surface area contributed by atoms with Crippen molar-refractivity contribution in [3.05, 3.63) is 83.9 Å². The van der Waals surface area contributed by atoms with Gasteiger partial charge >= 0.3 is 0 Å². The number of hydrogen-bond donors (Lipinski definition) is 2. The van der Waals surface area contributed by atoms with Crippen LogP contribution in [0, 0.1) is 0 Å². The van der Waals surface area contributed by atoms with Crippen LogP contribution in [-0.2, 0) is 10.0 Å². The highest BCUT2D eigenvalue weighted by atomic mass is 32.2. The Balaban J connectivity index is 1.85. The normalized spacial score (nSPS) is 10.9. The summed E-state index contributed by atoms with van der Waals surface area (Å²) < 4.78 is 33.1. The molecule has 0 heterocycles. The van der Waals surface area contributed by atoms with Crippen molar-refractivity contribution >= 4 is 33.1 Å². The minimum atomic E-state index is -3.96. The van der Waals surface area contributed by atoms with Gasteiger partial charge in [-0.1, -0.05) is 30.3 Å². The Hall–Kier alpha value is -3.65. The third kappa shape index (κ3) is 4.84. The molecular formula is C22H20N2O5S. The summed E-state index contributed by atoms with van der Waals surface area (Å²) in [4.78, 5) is 24.1. The van der Waals surface area contributed by atoms with Crippen molar-refractivity contribution in [3.8, 4) is 5.75 Å². The fraction of sp³-hybridized carbons (Fsp3) is 0.0909. The van der Waals surface area contributed by atoms with E-state index in [9.17, 15) is 18.0 Å². The number of carbonyl (C=O) groups is 2. The van der Waals surface area contributed by atoms with Gasteiger partial charge in [-0.15, -0.1) is 0 Å². The summed E-state index contributed by atoms with van der Waals surface area (Å²) in [7, 11) is -2.43. The molecule has 7 nitrogen and oxygen atoms in total. The van der Waals surface area contributed by atoms with Crippen LogP contribution >= 0.6 is 0 Å². The van der Waals surface area contributed by atoms with Crippen molar-refractivity contribution in [3.63, 3.8) is 0 Å². The largest absolute Gasteiger partial charge is 0.497 e. The van der Waals surface area contributed by atoms with E-state index >= 15 is 0 Å². The second-order valence-electron chi connectivity index (χ2n) is 6.42. The average molecular weight is 424 g/mol. The number of para-hydroxylation sites is 1. The molecule has 154 valence electrons. The molecule has 2 N–H and O–H groups in total. The Bertz CT molecular complexity index is 1190. The topological polar surface area (TPSA) is 102 Å². The third-order valence-corrected chi connectivity index (χ3v) is 5.70. The summed E-state index contributed by atoms with van der Waals surface area (Å²) in [5, 5.41) is 2.73. The number of anilines is 2. The quantitative estimate of drug-likeness (QED) is 0.559. The first-order chi connectivity index (χ1) is 14.3. The SMILES string of the molecule is COc1cccc(NC(=O)c2ccccc2NS(=O)(=O)c2ccc(C(C)=O)cc2)c1. The molecule has 0 aliphatic carbocycles. The van der Waals surface area contributed by atoms with Gasteiger partial charge in [0.05, 0.1) is 23.3 Å². The molecule has 0 aliphatic rings. The Labute approximate surface area is 174 Å². The van der Waals surface area contributed by atoms with E-state index in [0.717, 1.165) is 0 Å². The fourth-order valence-corrected chi connectivity index (χ4v) is 3.82. The van der Waals surface area contributed by atoms with E-state index in [1.165, 1.54) is 50.4 Å². The van der Waals surface area contributed by atoms with Crippen LogP contribution in [0.25, 0.3) is 0 Å². The standard InChI is InChI=1S/C22H20N2O5S/c1-15(25)16-10-12-19(13-11-16)30(27,28)24-21-9-4-3-8-20(21)22(26)23-17-6-5-7-18(14-17)29-2/h3-14,24H,1-2H3,(H,23,26). The molecule has 0 aromatic heterocycles. The van der Waals surface area contributed by atoms with E-state index in [0.29, 0.717) is 17.0 Å². The molecule has 0 aliphatic heterocycles. The number of sulfonamides is 1. The number of rotatable bonds is 7. The Morgan fingerprint density at radius 3 is 2.27 bits per heavy atom. The Morgan fingerprint density at radius 1 is 0.900 bits per heavy atom. The lowest BCUT2D eigenvalue weighted by molar-refractivity contribution is 0.101. The smallest absolute Gasteiger partial charge is 0.261 e. The summed E-state index contributed by atoms with van der Waals surface area (Å²) in [5.74, 6) is -0.0595. The number of nitrogens with one attached hydrogen (secondary N) is 2. The molecule has 1 amide bonds. The van der Waals surface area contributed by atoms with Crippen molar-refractivity contribution in [1.82, 2.24) is 0 Å². The number of benzene rings is 3. The zero-order chi connectivity index (χ0) is 21.7. The molecule has 0 spiro atoms. The maximum atomic E-state index is 12.8. The van der Waals surface area contributed by atoms with Crippen LogP contribution in [0.4, 0.5) is 11.4 Å². The van der Waals surface area contributed by atoms with E-state index < -0.39 is 15.9 Å².